The van der Waals surface area contributed by atoms with E-state index in [-0.39, 0.29) is 0 Å². The normalized spacial score (nSPS) is 19.0. The van der Waals surface area contributed by atoms with Gasteiger partial charge in [-0.2, -0.15) is 0 Å². The molecule has 0 atom stereocenters. The molecule has 2 aliphatic rings. The Balaban J connectivity index is 1.56. The molecule has 23 heavy (non-hydrogen) atoms. The molecule has 2 aromatic heterocycles. The first-order valence-corrected chi connectivity index (χ1v) is 8.63. The number of aromatic nitrogens is 4. The van der Waals surface area contributed by atoms with Crippen molar-refractivity contribution in [3.63, 3.8) is 0 Å². The van der Waals surface area contributed by atoms with Crippen LogP contribution in [0.3, 0.4) is 0 Å². The van der Waals surface area contributed by atoms with Gasteiger partial charge in [-0.15, -0.1) is 21.5 Å². The van der Waals surface area contributed by atoms with Gasteiger partial charge >= 0.3 is 0 Å². The van der Waals surface area contributed by atoms with Gasteiger partial charge < -0.3 is 19.3 Å². The van der Waals surface area contributed by atoms with Gasteiger partial charge in [0.05, 0.1) is 6.54 Å². The number of carbonyl (C=O) groups excluding carboxylic acids is 1. The van der Waals surface area contributed by atoms with Crippen LogP contribution in [0.15, 0.2) is 5.38 Å². The molecule has 8 nitrogen and oxygen atoms in total. The number of rotatable bonds is 3. The number of hydrogen-bond acceptors (Lipinski definition) is 7. The fourth-order valence-electron chi connectivity index (χ4n) is 2.97. The lowest BCUT2D eigenvalue weighted by Crippen LogP contribution is -2.44. The minimum absolute atomic E-state index is 0.520. The van der Waals surface area contributed by atoms with Crippen molar-refractivity contribution in [3.05, 3.63) is 11.2 Å². The lowest BCUT2D eigenvalue weighted by atomic mass is 10.3. The van der Waals surface area contributed by atoms with Crippen LogP contribution in [0.4, 0.5) is 5.13 Å². The molecule has 0 aliphatic carbocycles. The average molecular weight is 333 g/mol. The Hall–Kier alpha value is -2.00. The van der Waals surface area contributed by atoms with Gasteiger partial charge in [0.15, 0.2) is 16.8 Å². The van der Waals surface area contributed by atoms with Crippen LogP contribution in [0.5, 0.6) is 0 Å². The first-order chi connectivity index (χ1) is 11.2. The zero-order valence-electron chi connectivity index (χ0n) is 13.1. The molecule has 0 saturated carbocycles. The minimum atomic E-state index is 0.520. The Kier molecular flexibility index (Phi) is 3.74. The van der Waals surface area contributed by atoms with Crippen LogP contribution in [-0.2, 0) is 17.9 Å². The van der Waals surface area contributed by atoms with Crippen LogP contribution in [-0.4, -0.2) is 75.7 Å². The highest BCUT2D eigenvalue weighted by Gasteiger charge is 2.23. The second-order valence-electron chi connectivity index (χ2n) is 5.97. The second kappa shape index (κ2) is 5.89. The Labute approximate surface area is 138 Å². The van der Waals surface area contributed by atoms with E-state index in [0.717, 1.165) is 61.6 Å². The van der Waals surface area contributed by atoms with Crippen LogP contribution >= 0.6 is 11.3 Å². The van der Waals surface area contributed by atoms with Crippen molar-refractivity contribution >= 4 is 22.9 Å². The second-order valence-corrected chi connectivity index (χ2v) is 6.81. The topological polar surface area (TPSA) is 70.4 Å². The summed E-state index contributed by atoms with van der Waals surface area (Å²) < 4.78 is 2.07. The zero-order valence-corrected chi connectivity index (χ0v) is 13.9. The molecule has 2 aliphatic heterocycles. The monoisotopic (exact) mass is 333 g/mol. The standard InChI is InChI=1S/C14H19N7OS/c1-18-2-5-20(6-3-18)14-15-11(9-23-14)13-17-16-12-8-19(10-22)4-7-21(12)13/h9-10H,2-8H2,1H3. The maximum atomic E-state index is 10.9. The molecule has 0 aromatic carbocycles. The molecule has 122 valence electrons. The number of hydrogen-bond donors (Lipinski definition) is 0. The van der Waals surface area contributed by atoms with E-state index < -0.39 is 0 Å². The summed E-state index contributed by atoms with van der Waals surface area (Å²) in [6.45, 7) is 6.08. The van der Waals surface area contributed by atoms with E-state index >= 15 is 0 Å². The molecule has 0 spiro atoms. The van der Waals surface area contributed by atoms with Gasteiger partial charge in [-0.3, -0.25) is 4.79 Å². The smallest absolute Gasteiger partial charge is 0.210 e. The summed E-state index contributed by atoms with van der Waals surface area (Å²) in [5.74, 6) is 1.63. The van der Waals surface area contributed by atoms with E-state index in [1.807, 2.05) is 0 Å². The molecule has 0 radical (unpaired) electrons. The zero-order chi connectivity index (χ0) is 15.8. The summed E-state index contributed by atoms with van der Waals surface area (Å²) in [6, 6.07) is 0. The molecule has 0 unspecified atom stereocenters. The molecule has 9 heteroatoms. The summed E-state index contributed by atoms with van der Waals surface area (Å²) in [5, 5.41) is 11.6. The highest BCUT2D eigenvalue weighted by atomic mass is 32.1. The van der Waals surface area contributed by atoms with Gasteiger partial charge in [0.1, 0.15) is 5.69 Å². The van der Waals surface area contributed by atoms with Crippen LogP contribution in [0, 0.1) is 0 Å². The molecular weight excluding hydrogens is 314 g/mol. The third-order valence-electron chi connectivity index (χ3n) is 4.43. The van der Waals surface area contributed by atoms with Gasteiger partial charge in [0, 0.05) is 44.6 Å². The third-order valence-corrected chi connectivity index (χ3v) is 5.33. The summed E-state index contributed by atoms with van der Waals surface area (Å²) in [5.41, 5.74) is 0.877. The van der Waals surface area contributed by atoms with E-state index in [1.54, 1.807) is 16.2 Å². The van der Waals surface area contributed by atoms with E-state index in [9.17, 15) is 4.79 Å². The van der Waals surface area contributed by atoms with E-state index in [1.165, 1.54) is 0 Å². The Bertz CT molecular complexity index is 704. The van der Waals surface area contributed by atoms with Crippen LogP contribution in [0.25, 0.3) is 11.5 Å². The lowest BCUT2D eigenvalue weighted by Gasteiger charge is -2.32. The minimum Gasteiger partial charge on any atom is -0.346 e. The predicted octanol–water partition coefficient (Wildman–Crippen LogP) is 0.125. The number of carbonyl (C=O) groups is 1. The van der Waals surface area contributed by atoms with Crippen molar-refractivity contribution in [1.82, 2.24) is 29.5 Å². The van der Waals surface area contributed by atoms with Gasteiger partial charge in [0.25, 0.3) is 0 Å². The van der Waals surface area contributed by atoms with Gasteiger partial charge in [-0.05, 0) is 7.05 Å². The van der Waals surface area contributed by atoms with Crippen molar-refractivity contribution in [1.29, 1.82) is 0 Å². The fraction of sp³-hybridized carbons (Fsp3) is 0.571. The van der Waals surface area contributed by atoms with Crippen molar-refractivity contribution in [3.8, 4) is 11.5 Å². The summed E-state index contributed by atoms with van der Waals surface area (Å²) in [7, 11) is 2.15. The van der Waals surface area contributed by atoms with E-state index in [2.05, 4.69) is 37.0 Å². The third kappa shape index (κ3) is 2.70. The van der Waals surface area contributed by atoms with Gasteiger partial charge in [-0.1, -0.05) is 0 Å². The molecule has 1 fully saturated rings. The van der Waals surface area contributed by atoms with Gasteiger partial charge in [0.2, 0.25) is 6.41 Å². The molecule has 4 heterocycles. The predicted molar refractivity (Wildman–Crippen MR) is 87.3 cm³/mol. The van der Waals surface area contributed by atoms with Crippen molar-refractivity contribution in [2.75, 3.05) is 44.7 Å². The summed E-state index contributed by atoms with van der Waals surface area (Å²) >= 11 is 1.66. The molecular formula is C14H19N7OS. The highest BCUT2D eigenvalue weighted by Crippen LogP contribution is 2.28. The molecule has 0 N–H and O–H groups in total. The van der Waals surface area contributed by atoms with Crippen molar-refractivity contribution in [2.24, 2.45) is 0 Å². The molecule has 1 amide bonds. The molecule has 4 rings (SSSR count). The largest absolute Gasteiger partial charge is 0.346 e. The number of piperazine rings is 1. The molecule has 0 bridgehead atoms. The quantitative estimate of drug-likeness (QED) is 0.744. The first kappa shape index (κ1) is 14.6. The van der Waals surface area contributed by atoms with Gasteiger partial charge in [-0.25, -0.2) is 4.98 Å². The van der Waals surface area contributed by atoms with E-state index in [0.29, 0.717) is 13.1 Å². The Morgan fingerprint density at radius 1 is 1.13 bits per heavy atom. The van der Waals surface area contributed by atoms with Crippen molar-refractivity contribution in [2.45, 2.75) is 13.1 Å². The number of fused-ring (bicyclic) bond motifs is 1. The Morgan fingerprint density at radius 2 is 1.96 bits per heavy atom. The lowest BCUT2D eigenvalue weighted by molar-refractivity contribution is -0.119. The highest BCUT2D eigenvalue weighted by molar-refractivity contribution is 7.14. The maximum absolute atomic E-state index is 10.9. The van der Waals surface area contributed by atoms with Crippen LogP contribution in [0.2, 0.25) is 0 Å². The Morgan fingerprint density at radius 3 is 2.74 bits per heavy atom. The average Bonchev–Trinajstić information content (AvgIpc) is 3.21. The number of likely N-dealkylation sites (N-methyl/N-ethyl adjacent to an activating group) is 1. The molecule has 1 saturated heterocycles. The number of anilines is 1. The van der Waals surface area contributed by atoms with E-state index in [4.69, 9.17) is 4.98 Å². The summed E-state index contributed by atoms with van der Waals surface area (Å²) in [6.07, 6.45) is 0.867. The number of nitrogens with zero attached hydrogens (tertiary/aromatic N) is 7. The number of amides is 1. The fourth-order valence-corrected chi connectivity index (χ4v) is 3.82. The van der Waals surface area contributed by atoms with Crippen molar-refractivity contribution < 1.29 is 4.79 Å². The first-order valence-electron chi connectivity index (χ1n) is 7.75. The SMILES string of the molecule is CN1CCN(c2nc(-c3nnc4n3CCN(C=O)C4)cs2)CC1. The maximum Gasteiger partial charge on any atom is 0.210 e. The summed E-state index contributed by atoms with van der Waals surface area (Å²) in [4.78, 5) is 22.0. The van der Waals surface area contributed by atoms with Crippen LogP contribution < -0.4 is 4.90 Å². The molecule has 2 aromatic rings. The number of thiazole rings is 1. The van der Waals surface area contributed by atoms with Crippen LogP contribution in [0.1, 0.15) is 5.82 Å².